The molecule has 94 valence electrons. The number of hydrogen-bond donors (Lipinski definition) is 2. The van der Waals surface area contributed by atoms with Gasteiger partial charge in [0.1, 0.15) is 5.75 Å². The molecule has 0 aliphatic carbocycles. The molecule has 1 fully saturated rings. The van der Waals surface area contributed by atoms with Crippen molar-refractivity contribution in [3.8, 4) is 5.75 Å². The van der Waals surface area contributed by atoms with E-state index >= 15 is 0 Å². The number of phenols is 1. The lowest BCUT2D eigenvalue weighted by molar-refractivity contribution is 0.301. The van der Waals surface area contributed by atoms with Gasteiger partial charge in [0.05, 0.1) is 0 Å². The summed E-state index contributed by atoms with van der Waals surface area (Å²) in [5, 5.41) is 12.8. The van der Waals surface area contributed by atoms with E-state index in [0.717, 1.165) is 25.2 Å². The minimum absolute atomic E-state index is 0.345. The number of benzene rings is 1. The van der Waals surface area contributed by atoms with Gasteiger partial charge in [-0.3, -0.25) is 0 Å². The number of rotatable bonds is 5. The number of nitrogens with one attached hydrogen (secondary N) is 1. The second-order valence-electron chi connectivity index (χ2n) is 4.30. The zero-order valence-corrected chi connectivity index (χ0v) is 10.9. The van der Waals surface area contributed by atoms with Gasteiger partial charge in [-0.15, -0.1) is 0 Å². The Hall–Kier alpha value is -0.710. The van der Waals surface area contributed by atoms with Crippen molar-refractivity contribution in [2.45, 2.75) is 6.54 Å². The summed E-state index contributed by atoms with van der Waals surface area (Å²) in [6.07, 6.45) is 0. The van der Waals surface area contributed by atoms with E-state index in [1.807, 2.05) is 30.0 Å². The van der Waals surface area contributed by atoms with Gasteiger partial charge < -0.3 is 15.3 Å². The Bertz CT molecular complexity index is 340. The molecule has 0 bridgehead atoms. The Balaban J connectivity index is 1.62. The van der Waals surface area contributed by atoms with E-state index in [1.165, 1.54) is 24.6 Å². The molecule has 0 spiro atoms. The summed E-state index contributed by atoms with van der Waals surface area (Å²) in [7, 11) is 0. The molecule has 1 saturated heterocycles. The summed E-state index contributed by atoms with van der Waals surface area (Å²) in [6.45, 7) is 5.41. The molecular weight excluding hydrogens is 232 g/mol. The van der Waals surface area contributed by atoms with Crippen LogP contribution in [0.1, 0.15) is 5.56 Å². The van der Waals surface area contributed by atoms with Crippen LogP contribution in [0.3, 0.4) is 0 Å². The van der Waals surface area contributed by atoms with E-state index in [-0.39, 0.29) is 0 Å². The topological polar surface area (TPSA) is 35.5 Å². The average molecular weight is 252 g/mol. The largest absolute Gasteiger partial charge is 0.508 e. The summed E-state index contributed by atoms with van der Waals surface area (Å²) >= 11 is 2.05. The first-order valence-electron chi connectivity index (χ1n) is 6.13. The predicted octanol–water partition coefficient (Wildman–Crippen LogP) is 1.53. The molecule has 1 aliphatic rings. The molecule has 0 amide bonds. The van der Waals surface area contributed by atoms with E-state index in [0.29, 0.717) is 5.75 Å². The van der Waals surface area contributed by atoms with Gasteiger partial charge in [-0.2, -0.15) is 11.8 Å². The zero-order chi connectivity index (χ0) is 11.9. The van der Waals surface area contributed by atoms with Crippen LogP contribution in [0.15, 0.2) is 24.3 Å². The van der Waals surface area contributed by atoms with Crippen LogP contribution in [0.5, 0.6) is 5.75 Å². The number of thioether (sulfide) groups is 1. The second-order valence-corrected chi connectivity index (χ2v) is 5.53. The van der Waals surface area contributed by atoms with Crippen LogP contribution >= 0.6 is 11.8 Å². The van der Waals surface area contributed by atoms with Gasteiger partial charge in [-0.25, -0.2) is 0 Å². The quantitative estimate of drug-likeness (QED) is 0.779. The molecule has 2 N–H and O–H groups in total. The first-order chi connectivity index (χ1) is 8.34. The minimum Gasteiger partial charge on any atom is -0.508 e. The highest BCUT2D eigenvalue weighted by molar-refractivity contribution is 7.99. The third-order valence-corrected chi connectivity index (χ3v) is 3.89. The second kappa shape index (κ2) is 6.89. The molecule has 3 nitrogen and oxygen atoms in total. The fraction of sp³-hybridized carbons (Fsp3) is 0.538. The molecule has 1 aromatic rings. The summed E-state index contributed by atoms with van der Waals surface area (Å²) in [5.41, 5.74) is 1.14. The maximum absolute atomic E-state index is 9.34. The molecule has 4 heteroatoms. The molecule has 1 heterocycles. The molecule has 0 unspecified atom stereocenters. The number of nitrogens with zero attached hydrogens (tertiary/aromatic N) is 1. The van der Waals surface area contributed by atoms with Crippen LogP contribution in [0.2, 0.25) is 0 Å². The molecule has 1 aromatic carbocycles. The zero-order valence-electron chi connectivity index (χ0n) is 10.1. The molecule has 0 saturated carbocycles. The fourth-order valence-corrected chi connectivity index (χ4v) is 2.94. The maximum atomic E-state index is 9.34. The predicted molar refractivity (Wildman–Crippen MR) is 73.6 cm³/mol. The lowest BCUT2D eigenvalue weighted by atomic mass is 10.2. The van der Waals surface area contributed by atoms with Crippen LogP contribution < -0.4 is 5.32 Å². The van der Waals surface area contributed by atoms with Gasteiger partial charge in [0, 0.05) is 44.2 Å². The third kappa shape index (κ3) is 4.58. The van der Waals surface area contributed by atoms with Crippen molar-refractivity contribution >= 4 is 11.8 Å². The molecule has 0 aromatic heterocycles. The molecular formula is C13H20N2OS. The Kier molecular flexibility index (Phi) is 5.16. The molecule has 0 atom stereocenters. The van der Waals surface area contributed by atoms with Gasteiger partial charge in [0.25, 0.3) is 0 Å². The molecule has 0 radical (unpaired) electrons. The molecule has 2 rings (SSSR count). The Labute approximate surface area is 107 Å². The molecule has 1 aliphatic heterocycles. The Morgan fingerprint density at radius 3 is 2.88 bits per heavy atom. The van der Waals surface area contributed by atoms with E-state index in [2.05, 4.69) is 10.2 Å². The Morgan fingerprint density at radius 1 is 1.29 bits per heavy atom. The van der Waals surface area contributed by atoms with Crippen molar-refractivity contribution in [1.82, 2.24) is 10.2 Å². The van der Waals surface area contributed by atoms with Crippen molar-refractivity contribution in [1.29, 1.82) is 0 Å². The first kappa shape index (κ1) is 12.7. The van der Waals surface area contributed by atoms with Crippen molar-refractivity contribution in [3.63, 3.8) is 0 Å². The summed E-state index contributed by atoms with van der Waals surface area (Å²) in [6, 6.07) is 7.43. The lowest BCUT2D eigenvalue weighted by Crippen LogP contribution is -2.37. The first-order valence-corrected chi connectivity index (χ1v) is 7.29. The van der Waals surface area contributed by atoms with Crippen LogP contribution in [-0.2, 0) is 6.54 Å². The van der Waals surface area contributed by atoms with Crippen molar-refractivity contribution < 1.29 is 5.11 Å². The normalized spacial score (nSPS) is 17.2. The minimum atomic E-state index is 0.345. The number of phenolic OH excluding ortho intramolecular Hbond substituents is 1. The van der Waals surface area contributed by atoms with E-state index in [1.54, 1.807) is 6.07 Å². The highest BCUT2D eigenvalue weighted by atomic mass is 32.2. The highest BCUT2D eigenvalue weighted by Gasteiger charge is 2.08. The van der Waals surface area contributed by atoms with Gasteiger partial charge in [-0.1, -0.05) is 12.1 Å². The lowest BCUT2D eigenvalue weighted by Gasteiger charge is -2.26. The van der Waals surface area contributed by atoms with Crippen LogP contribution in [0.4, 0.5) is 0 Å². The monoisotopic (exact) mass is 252 g/mol. The summed E-state index contributed by atoms with van der Waals surface area (Å²) in [5.74, 6) is 2.89. The SMILES string of the molecule is Oc1cccc(CNCCN2CCSCC2)c1. The van der Waals surface area contributed by atoms with E-state index < -0.39 is 0 Å². The van der Waals surface area contributed by atoms with Gasteiger partial charge >= 0.3 is 0 Å². The summed E-state index contributed by atoms with van der Waals surface area (Å²) < 4.78 is 0. The fourth-order valence-electron chi connectivity index (χ4n) is 1.96. The van der Waals surface area contributed by atoms with Gasteiger partial charge in [0.2, 0.25) is 0 Å². The van der Waals surface area contributed by atoms with Crippen molar-refractivity contribution in [2.75, 3.05) is 37.7 Å². The van der Waals surface area contributed by atoms with Crippen LogP contribution in [0, 0.1) is 0 Å². The van der Waals surface area contributed by atoms with E-state index in [9.17, 15) is 5.11 Å². The Morgan fingerprint density at radius 2 is 2.12 bits per heavy atom. The van der Waals surface area contributed by atoms with Gasteiger partial charge in [-0.05, 0) is 17.7 Å². The smallest absolute Gasteiger partial charge is 0.115 e. The number of aromatic hydroxyl groups is 1. The standard InChI is InChI=1S/C13H20N2OS/c16-13-3-1-2-12(10-13)11-14-4-5-15-6-8-17-9-7-15/h1-3,10,14,16H,4-9,11H2. The van der Waals surface area contributed by atoms with Crippen molar-refractivity contribution in [2.24, 2.45) is 0 Å². The number of hydrogen-bond acceptors (Lipinski definition) is 4. The van der Waals surface area contributed by atoms with Crippen LogP contribution in [0.25, 0.3) is 0 Å². The summed E-state index contributed by atoms with van der Waals surface area (Å²) in [4.78, 5) is 2.51. The van der Waals surface area contributed by atoms with Crippen LogP contribution in [-0.4, -0.2) is 47.7 Å². The molecule has 17 heavy (non-hydrogen) atoms. The maximum Gasteiger partial charge on any atom is 0.115 e. The highest BCUT2D eigenvalue weighted by Crippen LogP contribution is 2.10. The van der Waals surface area contributed by atoms with Crippen molar-refractivity contribution in [3.05, 3.63) is 29.8 Å². The average Bonchev–Trinajstić information content (AvgIpc) is 2.36. The van der Waals surface area contributed by atoms with Gasteiger partial charge in [0.15, 0.2) is 0 Å². The third-order valence-electron chi connectivity index (χ3n) is 2.95. The van der Waals surface area contributed by atoms with E-state index in [4.69, 9.17) is 0 Å².